The summed E-state index contributed by atoms with van der Waals surface area (Å²) >= 11 is 0. The molecule has 4 heteroatoms. The number of hydrogen-bond donors (Lipinski definition) is 0. The molecule has 0 aliphatic rings. The molecule has 1 heterocycles. The number of amides is 1. The first kappa shape index (κ1) is 14.1. The topological polar surface area (TPSA) is 47.2 Å². The maximum absolute atomic E-state index is 12.3. The molecule has 0 fully saturated rings. The molecule has 0 aliphatic heterocycles. The minimum Gasteiger partial charge on any atom is -0.619 e. The van der Waals surface area contributed by atoms with Crippen molar-refractivity contribution in [2.24, 2.45) is 0 Å². The molecule has 1 aromatic heterocycles. The Balaban J connectivity index is 2.00. The number of pyridine rings is 1. The summed E-state index contributed by atoms with van der Waals surface area (Å²) in [5, 5.41) is 11.0. The van der Waals surface area contributed by atoms with E-state index in [9.17, 15) is 10.0 Å². The van der Waals surface area contributed by atoms with E-state index in [1.807, 2.05) is 25.1 Å². The highest BCUT2D eigenvalue weighted by molar-refractivity contribution is 5.93. The van der Waals surface area contributed by atoms with Crippen molar-refractivity contribution in [2.75, 3.05) is 13.1 Å². The van der Waals surface area contributed by atoms with E-state index in [1.165, 1.54) is 18.0 Å². The summed E-state index contributed by atoms with van der Waals surface area (Å²) in [4.78, 5) is 14.1. The molecule has 1 amide bonds. The Morgan fingerprint density at radius 1 is 1.15 bits per heavy atom. The van der Waals surface area contributed by atoms with Crippen LogP contribution in [0, 0.1) is 5.21 Å². The van der Waals surface area contributed by atoms with Crippen LogP contribution in [0.4, 0.5) is 0 Å². The summed E-state index contributed by atoms with van der Waals surface area (Å²) < 4.78 is 0.678. The fourth-order valence-corrected chi connectivity index (χ4v) is 2.05. The van der Waals surface area contributed by atoms with Crippen molar-refractivity contribution in [3.05, 3.63) is 71.2 Å². The van der Waals surface area contributed by atoms with Gasteiger partial charge in [0.15, 0.2) is 12.4 Å². The Kier molecular flexibility index (Phi) is 4.71. The van der Waals surface area contributed by atoms with Crippen molar-refractivity contribution in [1.29, 1.82) is 0 Å². The second kappa shape index (κ2) is 6.70. The van der Waals surface area contributed by atoms with Crippen LogP contribution in [-0.2, 0) is 6.42 Å². The minimum atomic E-state index is -0.0379. The number of carbonyl (C=O) groups excluding carboxylic acids is 1. The van der Waals surface area contributed by atoms with E-state index in [-0.39, 0.29) is 5.91 Å². The Hall–Kier alpha value is -2.36. The van der Waals surface area contributed by atoms with Gasteiger partial charge in [-0.15, -0.1) is 0 Å². The molecular weight excluding hydrogens is 252 g/mol. The first-order chi connectivity index (χ1) is 9.70. The molecule has 0 spiro atoms. The van der Waals surface area contributed by atoms with E-state index < -0.39 is 0 Å². The Morgan fingerprint density at radius 3 is 2.40 bits per heavy atom. The van der Waals surface area contributed by atoms with Crippen LogP contribution in [0.5, 0.6) is 0 Å². The van der Waals surface area contributed by atoms with Crippen molar-refractivity contribution < 1.29 is 9.52 Å². The van der Waals surface area contributed by atoms with Crippen LogP contribution in [0.3, 0.4) is 0 Å². The molecule has 0 unspecified atom stereocenters. The molecule has 20 heavy (non-hydrogen) atoms. The monoisotopic (exact) mass is 270 g/mol. The van der Waals surface area contributed by atoms with Crippen LogP contribution in [0.25, 0.3) is 0 Å². The standard InChI is InChI=1S/C16H18N2O2/c1-2-17(11-8-14-6-4-3-5-7-14)16(19)15-9-12-18(20)13-10-15/h3-7,9-10,12-13H,2,8,11H2,1H3. The molecule has 1 aromatic carbocycles. The summed E-state index contributed by atoms with van der Waals surface area (Å²) in [5.41, 5.74) is 1.76. The first-order valence-electron chi connectivity index (χ1n) is 6.72. The average molecular weight is 270 g/mol. The molecular formula is C16H18N2O2. The number of likely N-dealkylation sites (N-methyl/N-ethyl adjacent to an activating group) is 1. The van der Waals surface area contributed by atoms with Gasteiger partial charge in [0.05, 0.1) is 5.56 Å². The number of nitrogens with zero attached hydrogens (tertiary/aromatic N) is 2. The van der Waals surface area contributed by atoms with Crippen LogP contribution in [-0.4, -0.2) is 23.9 Å². The molecule has 0 bridgehead atoms. The molecule has 0 atom stereocenters. The van der Waals surface area contributed by atoms with Gasteiger partial charge in [0.25, 0.3) is 5.91 Å². The quantitative estimate of drug-likeness (QED) is 0.616. The summed E-state index contributed by atoms with van der Waals surface area (Å²) in [5.74, 6) is -0.0379. The summed E-state index contributed by atoms with van der Waals surface area (Å²) in [6.45, 7) is 3.28. The van der Waals surface area contributed by atoms with Crippen molar-refractivity contribution in [1.82, 2.24) is 4.90 Å². The zero-order valence-corrected chi connectivity index (χ0v) is 11.5. The summed E-state index contributed by atoms with van der Waals surface area (Å²) in [7, 11) is 0. The van der Waals surface area contributed by atoms with Gasteiger partial charge in [-0.3, -0.25) is 4.79 Å². The summed E-state index contributed by atoms with van der Waals surface area (Å²) in [6, 6.07) is 13.2. The lowest BCUT2D eigenvalue weighted by atomic mass is 10.1. The SMILES string of the molecule is CCN(CCc1ccccc1)C(=O)c1cc[n+]([O-])cc1. The lowest BCUT2D eigenvalue weighted by Gasteiger charge is -2.20. The second-order valence-corrected chi connectivity index (χ2v) is 4.57. The third-order valence-corrected chi connectivity index (χ3v) is 3.23. The van der Waals surface area contributed by atoms with Gasteiger partial charge in [0.2, 0.25) is 0 Å². The van der Waals surface area contributed by atoms with E-state index in [0.717, 1.165) is 6.42 Å². The predicted octanol–water partition coefficient (Wildman–Crippen LogP) is 2.02. The molecule has 0 saturated carbocycles. The lowest BCUT2D eigenvalue weighted by molar-refractivity contribution is -0.605. The first-order valence-corrected chi connectivity index (χ1v) is 6.72. The van der Waals surface area contributed by atoms with E-state index >= 15 is 0 Å². The molecule has 104 valence electrons. The van der Waals surface area contributed by atoms with Gasteiger partial charge >= 0.3 is 0 Å². The normalized spacial score (nSPS) is 10.2. The Labute approximate surface area is 118 Å². The van der Waals surface area contributed by atoms with Gasteiger partial charge in [-0.05, 0) is 18.9 Å². The molecule has 0 saturated heterocycles. The maximum Gasteiger partial charge on any atom is 0.254 e. The van der Waals surface area contributed by atoms with Gasteiger partial charge in [0, 0.05) is 25.2 Å². The third-order valence-electron chi connectivity index (χ3n) is 3.23. The molecule has 0 radical (unpaired) electrons. The van der Waals surface area contributed by atoms with E-state index in [0.29, 0.717) is 23.4 Å². The molecule has 0 N–H and O–H groups in total. The fraction of sp³-hybridized carbons (Fsp3) is 0.250. The van der Waals surface area contributed by atoms with E-state index in [2.05, 4.69) is 12.1 Å². The largest absolute Gasteiger partial charge is 0.619 e. The highest BCUT2D eigenvalue weighted by atomic mass is 16.5. The average Bonchev–Trinajstić information content (AvgIpc) is 2.49. The van der Waals surface area contributed by atoms with Gasteiger partial charge in [-0.25, -0.2) is 0 Å². The van der Waals surface area contributed by atoms with Crippen molar-refractivity contribution in [2.45, 2.75) is 13.3 Å². The highest BCUT2D eigenvalue weighted by Crippen LogP contribution is 2.06. The Bertz CT molecular complexity index is 552. The number of aromatic nitrogens is 1. The Morgan fingerprint density at radius 2 is 1.80 bits per heavy atom. The van der Waals surface area contributed by atoms with Crippen LogP contribution in [0.1, 0.15) is 22.8 Å². The van der Waals surface area contributed by atoms with Crippen molar-refractivity contribution in [3.63, 3.8) is 0 Å². The maximum atomic E-state index is 12.3. The number of benzene rings is 1. The van der Waals surface area contributed by atoms with Gasteiger partial charge in [-0.2, -0.15) is 4.73 Å². The van der Waals surface area contributed by atoms with Gasteiger partial charge in [-0.1, -0.05) is 30.3 Å². The van der Waals surface area contributed by atoms with Crippen LogP contribution in [0.15, 0.2) is 54.9 Å². The third kappa shape index (κ3) is 3.57. The number of carbonyl (C=O) groups is 1. The van der Waals surface area contributed by atoms with E-state index in [1.54, 1.807) is 17.0 Å². The zero-order valence-electron chi connectivity index (χ0n) is 11.5. The molecule has 2 aromatic rings. The number of hydrogen-bond acceptors (Lipinski definition) is 2. The predicted molar refractivity (Wildman–Crippen MR) is 77.1 cm³/mol. The van der Waals surface area contributed by atoms with Crippen LogP contribution in [0.2, 0.25) is 0 Å². The highest BCUT2D eigenvalue weighted by Gasteiger charge is 2.14. The second-order valence-electron chi connectivity index (χ2n) is 4.57. The van der Waals surface area contributed by atoms with Crippen LogP contribution >= 0.6 is 0 Å². The molecule has 2 rings (SSSR count). The van der Waals surface area contributed by atoms with Crippen molar-refractivity contribution in [3.8, 4) is 0 Å². The summed E-state index contributed by atoms with van der Waals surface area (Å²) in [6.07, 6.45) is 3.52. The minimum absolute atomic E-state index is 0.0379. The molecule has 4 nitrogen and oxygen atoms in total. The number of rotatable bonds is 5. The van der Waals surface area contributed by atoms with Crippen molar-refractivity contribution >= 4 is 5.91 Å². The smallest absolute Gasteiger partial charge is 0.254 e. The lowest BCUT2D eigenvalue weighted by Crippen LogP contribution is -2.33. The van der Waals surface area contributed by atoms with E-state index in [4.69, 9.17) is 0 Å². The fourth-order valence-electron chi connectivity index (χ4n) is 2.05. The molecule has 0 aliphatic carbocycles. The van der Waals surface area contributed by atoms with Gasteiger partial charge < -0.3 is 10.1 Å². The zero-order chi connectivity index (χ0) is 14.4. The van der Waals surface area contributed by atoms with Crippen LogP contribution < -0.4 is 4.73 Å². The van der Waals surface area contributed by atoms with Gasteiger partial charge in [0.1, 0.15) is 0 Å².